The molecule has 1 aromatic rings. The first-order valence-electron chi connectivity index (χ1n) is 6.45. The second kappa shape index (κ2) is 6.36. The van der Waals surface area contributed by atoms with E-state index < -0.39 is 17.7 Å². The topological polar surface area (TPSA) is 66.8 Å². The monoisotopic (exact) mass is 281 g/mol. The summed E-state index contributed by atoms with van der Waals surface area (Å²) in [6.45, 7) is 0.533. The fraction of sp³-hybridized carbons (Fsp3) is 0.429. The van der Waals surface area contributed by atoms with Gasteiger partial charge in [0.2, 0.25) is 0 Å². The summed E-state index contributed by atoms with van der Waals surface area (Å²) in [7, 11) is 0. The number of rotatable bonds is 4. The number of hydrogen-bond donors (Lipinski definition) is 1. The highest BCUT2D eigenvalue weighted by molar-refractivity contribution is 5.79. The molecule has 1 amide bonds. The molecule has 1 atom stereocenters. The molecule has 0 spiro atoms. The van der Waals surface area contributed by atoms with Gasteiger partial charge in [0.15, 0.2) is 6.61 Å². The number of carboxylic acids is 1. The van der Waals surface area contributed by atoms with Crippen molar-refractivity contribution in [1.29, 1.82) is 0 Å². The summed E-state index contributed by atoms with van der Waals surface area (Å²) in [4.78, 5) is 24.4. The zero-order valence-electron chi connectivity index (χ0n) is 10.9. The van der Waals surface area contributed by atoms with Crippen LogP contribution in [0.2, 0.25) is 0 Å². The van der Waals surface area contributed by atoms with E-state index in [2.05, 4.69) is 0 Å². The highest BCUT2D eigenvalue weighted by atomic mass is 19.1. The summed E-state index contributed by atoms with van der Waals surface area (Å²) in [5.74, 6) is -1.82. The van der Waals surface area contributed by atoms with Crippen LogP contribution in [0.4, 0.5) is 4.39 Å². The van der Waals surface area contributed by atoms with E-state index in [1.54, 1.807) is 6.07 Å². The van der Waals surface area contributed by atoms with Crippen molar-refractivity contribution < 1.29 is 23.8 Å². The van der Waals surface area contributed by atoms with Gasteiger partial charge in [-0.3, -0.25) is 9.59 Å². The number of piperidine rings is 1. The number of aliphatic carboxylic acids is 1. The Morgan fingerprint density at radius 1 is 1.45 bits per heavy atom. The average Bonchev–Trinajstić information content (AvgIpc) is 2.45. The number of hydrogen-bond acceptors (Lipinski definition) is 3. The number of ether oxygens (including phenoxy) is 1. The fourth-order valence-electron chi connectivity index (χ4n) is 2.20. The molecule has 1 N–H and O–H groups in total. The first-order chi connectivity index (χ1) is 9.56. The van der Waals surface area contributed by atoms with Gasteiger partial charge in [-0.25, -0.2) is 4.39 Å². The molecule has 0 radical (unpaired) electrons. The van der Waals surface area contributed by atoms with E-state index >= 15 is 0 Å². The average molecular weight is 281 g/mol. The SMILES string of the molecule is O=C(O)[C@H]1CCCN(C(=O)COc2cccc(F)c2)C1. The summed E-state index contributed by atoms with van der Waals surface area (Å²) >= 11 is 0. The van der Waals surface area contributed by atoms with Gasteiger partial charge < -0.3 is 14.7 Å². The summed E-state index contributed by atoms with van der Waals surface area (Å²) in [6, 6.07) is 5.55. The van der Waals surface area contributed by atoms with E-state index in [0.717, 1.165) is 0 Å². The third kappa shape index (κ3) is 3.69. The molecule has 1 aliphatic heterocycles. The maximum Gasteiger partial charge on any atom is 0.308 e. The number of carbonyl (C=O) groups is 2. The van der Waals surface area contributed by atoms with E-state index in [1.807, 2.05) is 0 Å². The lowest BCUT2D eigenvalue weighted by molar-refractivity contribution is -0.146. The summed E-state index contributed by atoms with van der Waals surface area (Å²) in [6.07, 6.45) is 1.26. The first-order valence-corrected chi connectivity index (χ1v) is 6.45. The molecule has 0 saturated carbocycles. The molecule has 108 valence electrons. The van der Waals surface area contributed by atoms with Gasteiger partial charge >= 0.3 is 5.97 Å². The molecule has 0 unspecified atom stereocenters. The van der Waals surface area contributed by atoms with E-state index in [9.17, 15) is 14.0 Å². The van der Waals surface area contributed by atoms with Gasteiger partial charge in [0.05, 0.1) is 5.92 Å². The molecule has 0 aliphatic carbocycles. The predicted molar refractivity (Wildman–Crippen MR) is 68.8 cm³/mol. The molecular weight excluding hydrogens is 265 g/mol. The van der Waals surface area contributed by atoms with Crippen molar-refractivity contribution in [3.63, 3.8) is 0 Å². The van der Waals surface area contributed by atoms with Crippen molar-refractivity contribution in [3.05, 3.63) is 30.1 Å². The molecule has 0 aromatic heterocycles. The molecule has 1 heterocycles. The van der Waals surface area contributed by atoms with E-state index in [1.165, 1.54) is 23.1 Å². The molecule has 1 aromatic carbocycles. The van der Waals surface area contributed by atoms with Crippen LogP contribution in [0.25, 0.3) is 0 Å². The largest absolute Gasteiger partial charge is 0.484 e. The number of carboxylic acid groups (broad SMARTS) is 1. The van der Waals surface area contributed by atoms with E-state index in [-0.39, 0.29) is 24.8 Å². The van der Waals surface area contributed by atoms with Crippen molar-refractivity contribution in [2.75, 3.05) is 19.7 Å². The highest BCUT2D eigenvalue weighted by Gasteiger charge is 2.28. The Morgan fingerprint density at radius 2 is 2.25 bits per heavy atom. The molecule has 6 heteroatoms. The number of benzene rings is 1. The van der Waals surface area contributed by atoms with Crippen LogP contribution in [0.15, 0.2) is 24.3 Å². The third-order valence-electron chi connectivity index (χ3n) is 3.28. The Bertz CT molecular complexity index is 506. The molecule has 2 rings (SSSR count). The maximum atomic E-state index is 12.9. The molecular formula is C14H16FNO4. The normalized spacial score (nSPS) is 18.6. The lowest BCUT2D eigenvalue weighted by Crippen LogP contribution is -2.44. The molecule has 1 fully saturated rings. The fourth-order valence-corrected chi connectivity index (χ4v) is 2.20. The molecule has 20 heavy (non-hydrogen) atoms. The molecule has 5 nitrogen and oxygen atoms in total. The van der Waals surface area contributed by atoms with Gasteiger partial charge in [0.1, 0.15) is 11.6 Å². The van der Waals surface area contributed by atoms with Crippen LogP contribution < -0.4 is 4.74 Å². The van der Waals surface area contributed by atoms with Crippen molar-refractivity contribution in [2.24, 2.45) is 5.92 Å². The minimum Gasteiger partial charge on any atom is -0.484 e. The summed E-state index contributed by atoms with van der Waals surface area (Å²) in [5.41, 5.74) is 0. The Morgan fingerprint density at radius 3 is 2.95 bits per heavy atom. The lowest BCUT2D eigenvalue weighted by atomic mass is 9.98. The predicted octanol–water partition coefficient (Wildman–Crippen LogP) is 1.53. The number of likely N-dealkylation sites (tertiary alicyclic amines) is 1. The Labute approximate surface area is 116 Å². The van der Waals surface area contributed by atoms with Crippen LogP contribution in [0.1, 0.15) is 12.8 Å². The van der Waals surface area contributed by atoms with Crippen LogP contribution in [0.5, 0.6) is 5.75 Å². The number of carbonyl (C=O) groups excluding carboxylic acids is 1. The third-order valence-corrected chi connectivity index (χ3v) is 3.28. The van der Waals surface area contributed by atoms with E-state index in [0.29, 0.717) is 19.4 Å². The lowest BCUT2D eigenvalue weighted by Gasteiger charge is -2.30. The van der Waals surface area contributed by atoms with Crippen molar-refractivity contribution in [1.82, 2.24) is 4.90 Å². The Balaban J connectivity index is 1.87. The molecule has 0 bridgehead atoms. The van der Waals surface area contributed by atoms with Gasteiger partial charge in [0, 0.05) is 19.2 Å². The van der Waals surface area contributed by atoms with Crippen molar-refractivity contribution in [2.45, 2.75) is 12.8 Å². The minimum atomic E-state index is -0.881. The van der Waals surface area contributed by atoms with Gasteiger partial charge in [-0.15, -0.1) is 0 Å². The first kappa shape index (κ1) is 14.3. The Hall–Kier alpha value is -2.11. The Kier molecular flexibility index (Phi) is 4.55. The van der Waals surface area contributed by atoms with Gasteiger partial charge in [-0.05, 0) is 25.0 Å². The van der Waals surface area contributed by atoms with Crippen LogP contribution in [0.3, 0.4) is 0 Å². The zero-order valence-corrected chi connectivity index (χ0v) is 10.9. The van der Waals surface area contributed by atoms with Crippen LogP contribution in [-0.2, 0) is 9.59 Å². The van der Waals surface area contributed by atoms with Crippen LogP contribution >= 0.6 is 0 Å². The maximum absolute atomic E-state index is 12.9. The van der Waals surface area contributed by atoms with E-state index in [4.69, 9.17) is 9.84 Å². The quantitative estimate of drug-likeness (QED) is 0.908. The minimum absolute atomic E-state index is 0.209. The van der Waals surface area contributed by atoms with Crippen LogP contribution in [-0.4, -0.2) is 41.6 Å². The number of nitrogens with zero attached hydrogens (tertiary/aromatic N) is 1. The molecule has 1 aliphatic rings. The van der Waals surface area contributed by atoms with Gasteiger partial charge in [-0.2, -0.15) is 0 Å². The zero-order chi connectivity index (χ0) is 14.5. The molecule has 1 saturated heterocycles. The standard InChI is InChI=1S/C14H16FNO4/c15-11-4-1-5-12(7-11)20-9-13(17)16-6-2-3-10(8-16)14(18)19/h1,4-5,7,10H,2-3,6,8-9H2,(H,18,19)/t10-/m0/s1. The van der Waals surface area contributed by atoms with Crippen molar-refractivity contribution in [3.8, 4) is 5.75 Å². The summed E-state index contributed by atoms with van der Waals surface area (Å²) in [5, 5.41) is 8.97. The highest BCUT2D eigenvalue weighted by Crippen LogP contribution is 2.17. The van der Waals surface area contributed by atoms with Gasteiger partial charge in [0.25, 0.3) is 5.91 Å². The van der Waals surface area contributed by atoms with Crippen LogP contribution in [0, 0.1) is 11.7 Å². The van der Waals surface area contributed by atoms with Gasteiger partial charge in [-0.1, -0.05) is 6.07 Å². The summed E-state index contributed by atoms with van der Waals surface area (Å²) < 4.78 is 18.2. The smallest absolute Gasteiger partial charge is 0.308 e. The number of halogens is 1. The second-order valence-corrected chi connectivity index (χ2v) is 4.76. The van der Waals surface area contributed by atoms with Crippen molar-refractivity contribution >= 4 is 11.9 Å². The number of amides is 1. The second-order valence-electron chi connectivity index (χ2n) is 4.76.